The van der Waals surface area contributed by atoms with Gasteiger partial charge < -0.3 is 10.4 Å². The van der Waals surface area contributed by atoms with Crippen LogP contribution in [0.2, 0.25) is 5.02 Å². The molecule has 1 rings (SSSR count). The number of aliphatic hydroxyl groups excluding tert-OH is 1. The van der Waals surface area contributed by atoms with Crippen molar-refractivity contribution in [3.63, 3.8) is 0 Å². The second kappa shape index (κ2) is 6.99. The average Bonchev–Trinajstić information content (AvgIpc) is 2.29. The van der Waals surface area contributed by atoms with Crippen LogP contribution in [0.3, 0.4) is 0 Å². The molecular weight excluding hydrogens is 305 g/mol. The molecule has 1 aromatic carbocycles. The molecule has 0 spiro atoms. The monoisotopic (exact) mass is 319 g/mol. The lowest BCUT2D eigenvalue weighted by Gasteiger charge is -2.12. The number of carbonyl (C=O) groups excluding carboxylic acids is 1. The third-order valence-corrected chi connectivity index (χ3v) is 3.23. The van der Waals surface area contributed by atoms with E-state index in [1.54, 1.807) is 18.2 Å². The number of halogens is 2. The molecule has 0 fully saturated rings. The summed E-state index contributed by atoms with van der Waals surface area (Å²) in [6, 6.07) is 5.15. The fourth-order valence-corrected chi connectivity index (χ4v) is 1.92. The van der Waals surface area contributed by atoms with E-state index in [4.69, 9.17) is 16.7 Å². The van der Waals surface area contributed by atoms with Crippen LogP contribution >= 0.6 is 27.5 Å². The molecule has 17 heavy (non-hydrogen) atoms. The zero-order valence-electron chi connectivity index (χ0n) is 9.54. The van der Waals surface area contributed by atoms with Gasteiger partial charge in [-0.05, 0) is 30.5 Å². The van der Waals surface area contributed by atoms with Crippen molar-refractivity contribution in [2.75, 3.05) is 13.2 Å². The van der Waals surface area contributed by atoms with E-state index in [1.165, 1.54) is 0 Å². The number of amides is 1. The minimum absolute atomic E-state index is 0.134. The summed E-state index contributed by atoms with van der Waals surface area (Å²) in [5.74, 6) is 0.0518. The Kier molecular flexibility index (Phi) is 5.95. The largest absolute Gasteiger partial charge is 0.396 e. The van der Waals surface area contributed by atoms with Crippen LogP contribution in [0.5, 0.6) is 0 Å². The molecule has 0 heterocycles. The van der Waals surface area contributed by atoms with Gasteiger partial charge in [-0.2, -0.15) is 0 Å². The Morgan fingerprint density at radius 1 is 1.59 bits per heavy atom. The van der Waals surface area contributed by atoms with Gasteiger partial charge >= 0.3 is 0 Å². The van der Waals surface area contributed by atoms with Gasteiger partial charge in [0.1, 0.15) is 0 Å². The summed E-state index contributed by atoms with van der Waals surface area (Å²) in [4.78, 5) is 11.8. The molecule has 1 amide bonds. The molecule has 0 aliphatic heterocycles. The maximum atomic E-state index is 11.8. The first-order valence-corrected chi connectivity index (χ1v) is 6.55. The third kappa shape index (κ3) is 4.66. The summed E-state index contributed by atoms with van der Waals surface area (Å²) in [6.45, 7) is 2.63. The summed E-state index contributed by atoms with van der Waals surface area (Å²) >= 11 is 9.24. The molecule has 3 nitrogen and oxygen atoms in total. The zero-order valence-corrected chi connectivity index (χ0v) is 11.9. The summed E-state index contributed by atoms with van der Waals surface area (Å²) in [5, 5.41) is 12.0. The minimum Gasteiger partial charge on any atom is -0.396 e. The van der Waals surface area contributed by atoms with Crippen molar-refractivity contribution in [3.05, 3.63) is 33.3 Å². The number of benzene rings is 1. The highest BCUT2D eigenvalue weighted by molar-refractivity contribution is 9.10. The molecule has 1 aromatic rings. The van der Waals surface area contributed by atoms with E-state index in [-0.39, 0.29) is 18.4 Å². The molecule has 2 N–H and O–H groups in total. The summed E-state index contributed by atoms with van der Waals surface area (Å²) in [7, 11) is 0. The molecule has 0 aliphatic carbocycles. The van der Waals surface area contributed by atoms with Crippen molar-refractivity contribution in [1.82, 2.24) is 5.32 Å². The Hall–Kier alpha value is -0.580. The molecular formula is C12H15BrClNO2. The van der Waals surface area contributed by atoms with Gasteiger partial charge in [0, 0.05) is 17.6 Å². The Balaban J connectivity index is 2.61. The molecule has 1 unspecified atom stereocenters. The van der Waals surface area contributed by atoms with Crippen LogP contribution in [0.1, 0.15) is 23.7 Å². The van der Waals surface area contributed by atoms with E-state index in [0.29, 0.717) is 23.6 Å². The van der Waals surface area contributed by atoms with Crippen LogP contribution in [0, 0.1) is 5.92 Å². The third-order valence-electron chi connectivity index (χ3n) is 2.41. The number of hydrogen-bond donors (Lipinski definition) is 2. The van der Waals surface area contributed by atoms with Crippen molar-refractivity contribution in [2.24, 2.45) is 5.92 Å². The lowest BCUT2D eigenvalue weighted by molar-refractivity contribution is 0.0945. The average molecular weight is 321 g/mol. The Morgan fingerprint density at radius 2 is 2.29 bits per heavy atom. The highest BCUT2D eigenvalue weighted by atomic mass is 79.9. The highest BCUT2D eigenvalue weighted by Gasteiger charge is 2.11. The van der Waals surface area contributed by atoms with Crippen LogP contribution in [0.4, 0.5) is 0 Å². The second-order valence-corrected chi connectivity index (χ2v) is 5.27. The van der Waals surface area contributed by atoms with E-state index in [1.807, 2.05) is 6.92 Å². The smallest absolute Gasteiger partial charge is 0.252 e. The topological polar surface area (TPSA) is 49.3 Å². The fourth-order valence-electron chi connectivity index (χ4n) is 1.36. The molecule has 0 saturated carbocycles. The summed E-state index contributed by atoms with van der Waals surface area (Å²) in [6.07, 6.45) is 0.673. The van der Waals surface area contributed by atoms with Crippen molar-refractivity contribution in [1.29, 1.82) is 0 Å². The van der Waals surface area contributed by atoms with Gasteiger partial charge in [0.25, 0.3) is 5.91 Å². The lowest BCUT2D eigenvalue weighted by atomic mass is 10.1. The van der Waals surface area contributed by atoms with Crippen molar-refractivity contribution in [3.8, 4) is 0 Å². The maximum absolute atomic E-state index is 11.8. The number of rotatable bonds is 5. The minimum atomic E-state index is -0.193. The molecule has 1 atom stereocenters. The van der Waals surface area contributed by atoms with E-state index in [0.717, 1.165) is 4.47 Å². The van der Waals surface area contributed by atoms with Crippen molar-refractivity contribution in [2.45, 2.75) is 13.3 Å². The number of aliphatic hydroxyl groups is 1. The van der Waals surface area contributed by atoms with Gasteiger partial charge in [0.2, 0.25) is 0 Å². The van der Waals surface area contributed by atoms with Crippen LogP contribution in [-0.4, -0.2) is 24.2 Å². The normalized spacial score (nSPS) is 12.2. The van der Waals surface area contributed by atoms with Crippen molar-refractivity contribution < 1.29 is 9.90 Å². The predicted molar refractivity (Wildman–Crippen MR) is 72.4 cm³/mol. The van der Waals surface area contributed by atoms with E-state index >= 15 is 0 Å². The number of nitrogens with one attached hydrogen (secondary N) is 1. The van der Waals surface area contributed by atoms with Gasteiger partial charge in [-0.1, -0.05) is 34.5 Å². The zero-order chi connectivity index (χ0) is 12.8. The number of hydrogen-bond acceptors (Lipinski definition) is 2. The molecule has 5 heteroatoms. The van der Waals surface area contributed by atoms with E-state index in [2.05, 4.69) is 21.2 Å². The van der Waals surface area contributed by atoms with E-state index in [9.17, 15) is 4.79 Å². The fraction of sp³-hybridized carbons (Fsp3) is 0.417. The second-order valence-electron chi connectivity index (χ2n) is 3.95. The molecule has 0 aromatic heterocycles. The Labute approximate surface area is 114 Å². The predicted octanol–water partition coefficient (Wildman–Crippen LogP) is 2.85. The van der Waals surface area contributed by atoms with Gasteiger partial charge in [-0.15, -0.1) is 0 Å². The molecule has 0 radical (unpaired) electrons. The Bertz CT molecular complexity index is 398. The summed E-state index contributed by atoms with van der Waals surface area (Å²) < 4.78 is 0.815. The van der Waals surface area contributed by atoms with Gasteiger partial charge in [-0.25, -0.2) is 0 Å². The molecule has 0 aliphatic rings. The quantitative estimate of drug-likeness (QED) is 0.876. The van der Waals surface area contributed by atoms with Gasteiger partial charge in [0.05, 0.1) is 10.6 Å². The first kappa shape index (κ1) is 14.5. The van der Waals surface area contributed by atoms with Crippen LogP contribution in [0.15, 0.2) is 22.7 Å². The van der Waals surface area contributed by atoms with Crippen LogP contribution in [-0.2, 0) is 0 Å². The molecule has 0 bridgehead atoms. The molecule has 0 saturated heterocycles. The molecule has 94 valence electrons. The maximum Gasteiger partial charge on any atom is 0.252 e. The first-order valence-electron chi connectivity index (χ1n) is 5.38. The standard InChI is InChI=1S/C12H15BrClNO2/c1-8(4-5-16)7-15-12(17)10-6-9(13)2-3-11(10)14/h2-3,6,8,16H,4-5,7H2,1H3,(H,15,17). The number of carbonyl (C=O) groups is 1. The Morgan fingerprint density at radius 3 is 2.94 bits per heavy atom. The van der Waals surface area contributed by atoms with Crippen molar-refractivity contribution >= 4 is 33.4 Å². The van der Waals surface area contributed by atoms with Gasteiger partial charge in [0.15, 0.2) is 0 Å². The SMILES string of the molecule is CC(CCO)CNC(=O)c1cc(Br)ccc1Cl. The summed E-state index contributed by atoms with van der Waals surface area (Å²) in [5.41, 5.74) is 0.456. The van der Waals surface area contributed by atoms with Crippen LogP contribution < -0.4 is 5.32 Å². The van der Waals surface area contributed by atoms with Crippen LogP contribution in [0.25, 0.3) is 0 Å². The van der Waals surface area contributed by atoms with Gasteiger partial charge in [-0.3, -0.25) is 4.79 Å². The lowest BCUT2D eigenvalue weighted by Crippen LogP contribution is -2.28. The van der Waals surface area contributed by atoms with E-state index < -0.39 is 0 Å². The highest BCUT2D eigenvalue weighted by Crippen LogP contribution is 2.20. The first-order chi connectivity index (χ1) is 8.04.